The predicted molar refractivity (Wildman–Crippen MR) is 112 cm³/mol. The second-order valence-corrected chi connectivity index (χ2v) is 8.62. The van der Waals surface area contributed by atoms with E-state index in [1.54, 1.807) is 0 Å². The molecule has 7 nitrogen and oxygen atoms in total. The van der Waals surface area contributed by atoms with Crippen LogP contribution in [0, 0.1) is 0 Å². The van der Waals surface area contributed by atoms with Crippen molar-refractivity contribution in [2.75, 3.05) is 6.54 Å². The third-order valence-corrected chi connectivity index (χ3v) is 6.32. The largest absolute Gasteiger partial charge is 0.473 e. The van der Waals surface area contributed by atoms with Crippen molar-refractivity contribution < 1.29 is 17.9 Å². The fraction of sp³-hybridized carbons (Fsp3) is 0.182. The monoisotopic (exact) mass is 423 g/mol. The van der Waals surface area contributed by atoms with Gasteiger partial charge >= 0.3 is 10.2 Å². The number of nitrogens with one attached hydrogen (secondary N) is 1. The molecule has 0 spiro atoms. The van der Waals surface area contributed by atoms with Gasteiger partial charge in [0.05, 0.1) is 0 Å². The molecule has 0 saturated heterocycles. The minimum absolute atomic E-state index is 0.161. The number of carbonyl (C=O) groups excluding carboxylic acids is 1. The van der Waals surface area contributed by atoms with Crippen LogP contribution in [0.1, 0.15) is 27.0 Å². The zero-order valence-electron chi connectivity index (χ0n) is 16.2. The Morgan fingerprint density at radius 2 is 1.77 bits per heavy atom. The van der Waals surface area contributed by atoms with E-state index in [1.165, 1.54) is 22.6 Å². The smallest absolute Gasteiger partial charge is 0.304 e. The number of benzene rings is 2. The van der Waals surface area contributed by atoms with E-state index in [9.17, 15) is 13.2 Å². The van der Waals surface area contributed by atoms with Crippen LogP contribution in [0.4, 0.5) is 0 Å². The molecule has 30 heavy (non-hydrogen) atoms. The van der Waals surface area contributed by atoms with Gasteiger partial charge in [-0.1, -0.05) is 54.6 Å². The molecule has 1 aliphatic heterocycles. The highest BCUT2D eigenvalue weighted by Gasteiger charge is 2.28. The molecule has 0 fully saturated rings. The zero-order chi connectivity index (χ0) is 21.0. The minimum atomic E-state index is -3.97. The normalized spacial score (nSPS) is 14.0. The molecule has 8 heteroatoms. The molecule has 3 aromatic rings. The van der Waals surface area contributed by atoms with Crippen LogP contribution in [0.2, 0.25) is 0 Å². The Balaban J connectivity index is 1.42. The summed E-state index contributed by atoms with van der Waals surface area (Å²) in [6, 6.07) is 20.1. The molecule has 0 saturated carbocycles. The molecular formula is C22H21N3O4S. The lowest BCUT2D eigenvalue weighted by molar-refractivity contribution is 0.0978. The highest BCUT2D eigenvalue weighted by Crippen LogP contribution is 2.20. The maximum Gasteiger partial charge on any atom is 0.304 e. The van der Waals surface area contributed by atoms with Gasteiger partial charge < -0.3 is 4.74 Å². The Morgan fingerprint density at radius 3 is 2.57 bits per heavy atom. The van der Waals surface area contributed by atoms with Gasteiger partial charge in [-0.15, -0.1) is 0 Å². The second kappa shape index (κ2) is 8.64. The molecule has 2 heterocycles. The first-order valence-corrected chi connectivity index (χ1v) is 11.0. The summed E-state index contributed by atoms with van der Waals surface area (Å²) in [5.74, 6) is -0.475. The maximum absolute atomic E-state index is 12.7. The van der Waals surface area contributed by atoms with E-state index < -0.39 is 16.1 Å². The Morgan fingerprint density at radius 1 is 1.03 bits per heavy atom. The van der Waals surface area contributed by atoms with Gasteiger partial charge in [-0.25, -0.2) is 9.71 Å². The third kappa shape index (κ3) is 4.67. The summed E-state index contributed by atoms with van der Waals surface area (Å²) < 4.78 is 34.5. The Kier molecular flexibility index (Phi) is 5.78. The summed E-state index contributed by atoms with van der Waals surface area (Å²) in [5, 5.41) is 0. The van der Waals surface area contributed by atoms with Crippen molar-refractivity contribution >= 4 is 16.1 Å². The molecule has 0 unspecified atom stereocenters. The number of carbonyl (C=O) groups is 1. The first-order valence-electron chi connectivity index (χ1n) is 9.53. The highest BCUT2D eigenvalue weighted by atomic mass is 32.2. The molecule has 0 aliphatic carbocycles. The summed E-state index contributed by atoms with van der Waals surface area (Å²) in [7, 11) is -3.97. The fourth-order valence-electron chi connectivity index (χ4n) is 3.28. The number of rotatable bonds is 6. The van der Waals surface area contributed by atoms with Crippen molar-refractivity contribution in [3.63, 3.8) is 0 Å². The number of pyridine rings is 1. The molecular weight excluding hydrogens is 402 g/mol. The summed E-state index contributed by atoms with van der Waals surface area (Å²) in [5.41, 5.74) is 3.20. The summed E-state index contributed by atoms with van der Waals surface area (Å²) in [4.78, 5) is 16.7. The Hall–Kier alpha value is -3.23. The van der Waals surface area contributed by atoms with Crippen molar-refractivity contribution in [2.24, 2.45) is 0 Å². The van der Waals surface area contributed by atoms with E-state index in [0.717, 1.165) is 16.7 Å². The van der Waals surface area contributed by atoms with Crippen LogP contribution in [0.5, 0.6) is 5.88 Å². The van der Waals surface area contributed by atoms with Gasteiger partial charge in [0.15, 0.2) is 0 Å². The van der Waals surface area contributed by atoms with E-state index in [2.05, 4.69) is 9.71 Å². The lowest BCUT2D eigenvalue weighted by atomic mass is 10.0. The SMILES string of the molecule is O=C(NS(=O)(=O)N1CCc2ccccc2C1)c1ccnc(OCc2ccccc2)c1. The first-order chi connectivity index (χ1) is 14.5. The van der Waals surface area contributed by atoms with E-state index in [4.69, 9.17) is 4.74 Å². The lowest BCUT2D eigenvalue weighted by Crippen LogP contribution is -2.45. The second-order valence-electron chi connectivity index (χ2n) is 6.95. The minimum Gasteiger partial charge on any atom is -0.473 e. The first kappa shape index (κ1) is 20.1. The maximum atomic E-state index is 12.7. The van der Waals surface area contributed by atoms with Crippen molar-refractivity contribution in [2.45, 2.75) is 19.6 Å². The molecule has 1 aliphatic rings. The summed E-state index contributed by atoms with van der Waals surface area (Å²) >= 11 is 0. The fourth-order valence-corrected chi connectivity index (χ4v) is 4.40. The number of amides is 1. The topological polar surface area (TPSA) is 88.6 Å². The molecule has 2 aromatic carbocycles. The molecule has 0 atom stereocenters. The van der Waals surface area contributed by atoms with E-state index in [-0.39, 0.29) is 18.0 Å². The van der Waals surface area contributed by atoms with Crippen LogP contribution in [-0.4, -0.2) is 30.2 Å². The van der Waals surface area contributed by atoms with Crippen LogP contribution >= 0.6 is 0 Å². The number of hydrogen-bond donors (Lipinski definition) is 1. The van der Waals surface area contributed by atoms with Crippen LogP contribution < -0.4 is 9.46 Å². The van der Waals surface area contributed by atoms with Crippen LogP contribution in [-0.2, 0) is 29.8 Å². The average Bonchev–Trinajstić information content (AvgIpc) is 2.78. The van der Waals surface area contributed by atoms with Crippen LogP contribution in [0.3, 0.4) is 0 Å². The van der Waals surface area contributed by atoms with Crippen molar-refractivity contribution in [3.05, 3.63) is 95.2 Å². The summed E-state index contributed by atoms with van der Waals surface area (Å²) in [6.07, 6.45) is 2.02. The van der Waals surface area contributed by atoms with Gasteiger partial charge in [0.1, 0.15) is 6.61 Å². The van der Waals surface area contributed by atoms with Gasteiger partial charge in [-0.05, 0) is 29.2 Å². The number of aromatic nitrogens is 1. The van der Waals surface area contributed by atoms with Crippen LogP contribution in [0.25, 0.3) is 0 Å². The molecule has 0 radical (unpaired) electrons. The molecule has 154 valence electrons. The molecule has 0 bridgehead atoms. The standard InChI is InChI=1S/C22H21N3O4S/c26-22(19-10-12-23-21(14-19)29-16-17-6-2-1-3-7-17)24-30(27,28)25-13-11-18-8-4-5-9-20(18)15-25/h1-10,12,14H,11,13,15-16H2,(H,24,26). The van der Waals surface area contributed by atoms with E-state index in [1.807, 2.05) is 54.6 Å². The molecule has 1 N–H and O–H groups in total. The van der Waals surface area contributed by atoms with Gasteiger partial charge in [-0.3, -0.25) is 4.79 Å². The molecule has 1 amide bonds. The van der Waals surface area contributed by atoms with Gasteiger partial charge in [0.25, 0.3) is 5.91 Å². The number of nitrogens with zero attached hydrogens (tertiary/aromatic N) is 2. The average molecular weight is 423 g/mol. The van der Waals surface area contributed by atoms with Gasteiger partial charge in [-0.2, -0.15) is 12.7 Å². The third-order valence-electron chi connectivity index (χ3n) is 4.88. The van der Waals surface area contributed by atoms with E-state index in [0.29, 0.717) is 19.6 Å². The number of ether oxygens (including phenoxy) is 1. The highest BCUT2D eigenvalue weighted by molar-refractivity contribution is 7.87. The van der Waals surface area contributed by atoms with Crippen molar-refractivity contribution in [3.8, 4) is 5.88 Å². The van der Waals surface area contributed by atoms with Gasteiger partial charge in [0.2, 0.25) is 5.88 Å². The van der Waals surface area contributed by atoms with Crippen molar-refractivity contribution in [1.82, 2.24) is 14.0 Å². The number of hydrogen-bond acceptors (Lipinski definition) is 5. The van der Waals surface area contributed by atoms with Gasteiger partial charge in [0, 0.05) is 30.9 Å². The van der Waals surface area contributed by atoms with Crippen LogP contribution in [0.15, 0.2) is 72.9 Å². The predicted octanol–water partition coefficient (Wildman–Crippen LogP) is 2.69. The number of fused-ring (bicyclic) bond motifs is 1. The van der Waals surface area contributed by atoms with E-state index >= 15 is 0 Å². The van der Waals surface area contributed by atoms with Crippen molar-refractivity contribution in [1.29, 1.82) is 0 Å². The molecule has 4 rings (SSSR count). The summed E-state index contributed by atoms with van der Waals surface area (Å²) in [6.45, 7) is 0.854. The Labute approximate surface area is 175 Å². The lowest BCUT2D eigenvalue weighted by Gasteiger charge is -2.27. The Bertz CT molecular complexity index is 1150. The quantitative estimate of drug-likeness (QED) is 0.659. The molecule has 1 aromatic heterocycles. The zero-order valence-corrected chi connectivity index (χ0v) is 17.0.